The number of carbonyl (C=O) groups excluding carboxylic acids is 1. The van der Waals surface area contributed by atoms with E-state index < -0.39 is 0 Å². The van der Waals surface area contributed by atoms with Gasteiger partial charge in [0.1, 0.15) is 0 Å². The Morgan fingerprint density at radius 2 is 2.24 bits per heavy atom. The van der Waals surface area contributed by atoms with Gasteiger partial charge in [-0.05, 0) is 36.1 Å². The Bertz CT molecular complexity index is 552. The molecular weight excluding hydrogens is 300 g/mol. The average molecular weight is 311 g/mol. The summed E-state index contributed by atoms with van der Waals surface area (Å²) in [4.78, 5) is 12.1. The van der Waals surface area contributed by atoms with E-state index in [-0.39, 0.29) is 5.91 Å². The minimum atomic E-state index is -0.145. The quantitative estimate of drug-likeness (QED) is 0.832. The van der Waals surface area contributed by atoms with Crippen LogP contribution in [-0.2, 0) is 0 Å². The fourth-order valence-electron chi connectivity index (χ4n) is 1.47. The molecule has 1 amide bonds. The molecule has 1 aromatic heterocycles. The second-order valence-corrected chi connectivity index (χ2v) is 5.33. The van der Waals surface area contributed by atoms with E-state index in [4.69, 9.17) is 5.73 Å². The first kappa shape index (κ1) is 12.1. The van der Waals surface area contributed by atoms with Crippen LogP contribution in [0.5, 0.6) is 0 Å². The third-order valence-electron chi connectivity index (χ3n) is 2.44. The van der Waals surface area contributed by atoms with Gasteiger partial charge in [0.15, 0.2) is 0 Å². The third kappa shape index (κ3) is 2.68. The van der Waals surface area contributed by atoms with Gasteiger partial charge in [-0.25, -0.2) is 0 Å². The van der Waals surface area contributed by atoms with Crippen molar-refractivity contribution in [1.82, 2.24) is 0 Å². The molecule has 17 heavy (non-hydrogen) atoms. The van der Waals surface area contributed by atoms with Gasteiger partial charge in [-0.1, -0.05) is 15.9 Å². The summed E-state index contributed by atoms with van der Waals surface area (Å²) >= 11 is 4.87. The van der Waals surface area contributed by atoms with Crippen LogP contribution in [0.3, 0.4) is 0 Å². The number of thiophene rings is 1. The zero-order valence-corrected chi connectivity index (χ0v) is 11.6. The number of nitrogens with two attached hydrogens (primary N) is 1. The van der Waals surface area contributed by atoms with Crippen LogP contribution in [-0.4, -0.2) is 5.91 Å². The number of nitrogen functional groups attached to an aromatic ring is 1. The Hall–Kier alpha value is -1.33. The minimum absolute atomic E-state index is 0.145. The Morgan fingerprint density at radius 1 is 1.47 bits per heavy atom. The van der Waals surface area contributed by atoms with Gasteiger partial charge in [-0.3, -0.25) is 4.79 Å². The lowest BCUT2D eigenvalue weighted by atomic mass is 10.1. The maximum absolute atomic E-state index is 12.1. The van der Waals surface area contributed by atoms with E-state index >= 15 is 0 Å². The second-order valence-electron chi connectivity index (χ2n) is 3.63. The smallest absolute Gasteiger partial charge is 0.256 e. The monoisotopic (exact) mass is 310 g/mol. The summed E-state index contributed by atoms with van der Waals surface area (Å²) in [7, 11) is 0. The predicted octanol–water partition coefficient (Wildman–Crippen LogP) is 3.65. The SMILES string of the molecule is Cc1c(N)cc(Br)cc1C(=O)Nc1ccsc1. The molecule has 0 saturated heterocycles. The summed E-state index contributed by atoms with van der Waals surface area (Å²) in [6.45, 7) is 1.84. The molecule has 0 radical (unpaired) electrons. The molecule has 2 rings (SSSR count). The van der Waals surface area contributed by atoms with Crippen LogP contribution in [0.1, 0.15) is 15.9 Å². The highest BCUT2D eigenvalue weighted by Gasteiger charge is 2.12. The summed E-state index contributed by atoms with van der Waals surface area (Å²) in [5.41, 5.74) is 8.61. The number of carbonyl (C=O) groups is 1. The largest absolute Gasteiger partial charge is 0.398 e. The van der Waals surface area contributed by atoms with Crippen molar-refractivity contribution in [3.05, 3.63) is 44.6 Å². The van der Waals surface area contributed by atoms with Crippen LogP contribution >= 0.6 is 27.3 Å². The van der Waals surface area contributed by atoms with E-state index in [2.05, 4.69) is 21.2 Å². The molecule has 0 aliphatic carbocycles. The van der Waals surface area contributed by atoms with Gasteiger partial charge in [0.05, 0.1) is 5.69 Å². The van der Waals surface area contributed by atoms with Crippen LogP contribution in [0, 0.1) is 6.92 Å². The number of rotatable bonds is 2. The van der Waals surface area contributed by atoms with Crippen molar-refractivity contribution in [3.63, 3.8) is 0 Å². The molecule has 3 N–H and O–H groups in total. The van der Waals surface area contributed by atoms with Gasteiger partial charge in [-0.2, -0.15) is 11.3 Å². The van der Waals surface area contributed by atoms with Crippen LogP contribution in [0.25, 0.3) is 0 Å². The van der Waals surface area contributed by atoms with Crippen molar-refractivity contribution in [3.8, 4) is 0 Å². The highest BCUT2D eigenvalue weighted by atomic mass is 79.9. The van der Waals surface area contributed by atoms with Crippen molar-refractivity contribution < 1.29 is 4.79 Å². The molecule has 0 bridgehead atoms. The predicted molar refractivity (Wildman–Crippen MR) is 75.6 cm³/mol. The molecule has 3 nitrogen and oxygen atoms in total. The highest BCUT2D eigenvalue weighted by molar-refractivity contribution is 9.10. The minimum Gasteiger partial charge on any atom is -0.398 e. The first-order chi connectivity index (χ1) is 8.08. The van der Waals surface area contributed by atoms with Crippen molar-refractivity contribution in [1.29, 1.82) is 0 Å². The Balaban J connectivity index is 2.31. The molecule has 5 heteroatoms. The summed E-state index contributed by atoms with van der Waals surface area (Å²) in [6, 6.07) is 5.42. The topological polar surface area (TPSA) is 55.1 Å². The van der Waals surface area contributed by atoms with E-state index in [1.807, 2.05) is 23.8 Å². The third-order valence-corrected chi connectivity index (χ3v) is 3.58. The van der Waals surface area contributed by atoms with Crippen LogP contribution < -0.4 is 11.1 Å². The van der Waals surface area contributed by atoms with Gasteiger partial charge in [0.25, 0.3) is 5.91 Å². The zero-order chi connectivity index (χ0) is 12.4. The number of anilines is 2. The summed E-state index contributed by atoms with van der Waals surface area (Å²) in [6.07, 6.45) is 0. The molecule has 2 aromatic rings. The molecule has 1 heterocycles. The maximum Gasteiger partial charge on any atom is 0.256 e. The molecule has 1 aromatic carbocycles. The Morgan fingerprint density at radius 3 is 2.88 bits per heavy atom. The lowest BCUT2D eigenvalue weighted by Gasteiger charge is -2.09. The van der Waals surface area contributed by atoms with Crippen LogP contribution in [0.2, 0.25) is 0 Å². The number of amides is 1. The molecule has 0 unspecified atom stereocenters. The number of halogens is 1. The molecule has 0 aliphatic heterocycles. The van der Waals surface area contributed by atoms with Gasteiger partial charge in [0.2, 0.25) is 0 Å². The maximum atomic E-state index is 12.1. The van der Waals surface area contributed by atoms with Crippen molar-refractivity contribution in [2.45, 2.75) is 6.92 Å². The van der Waals surface area contributed by atoms with Gasteiger partial charge in [0, 0.05) is 21.1 Å². The van der Waals surface area contributed by atoms with Gasteiger partial charge < -0.3 is 11.1 Å². The Kier molecular flexibility index (Phi) is 3.49. The standard InChI is InChI=1S/C12H11BrN2OS/c1-7-10(4-8(13)5-11(7)14)12(16)15-9-2-3-17-6-9/h2-6H,14H2,1H3,(H,15,16). The summed E-state index contributed by atoms with van der Waals surface area (Å²) in [5.74, 6) is -0.145. The fourth-order valence-corrected chi connectivity index (χ4v) is 2.53. The molecule has 88 valence electrons. The average Bonchev–Trinajstić information content (AvgIpc) is 2.76. The van der Waals surface area contributed by atoms with Crippen molar-refractivity contribution in [2.75, 3.05) is 11.1 Å². The van der Waals surface area contributed by atoms with E-state index in [1.54, 1.807) is 12.1 Å². The normalized spacial score (nSPS) is 10.2. The number of nitrogens with one attached hydrogen (secondary N) is 1. The molecule has 0 fully saturated rings. The summed E-state index contributed by atoms with van der Waals surface area (Å²) in [5, 5.41) is 6.63. The Labute approximate surface area is 112 Å². The number of hydrogen-bond acceptors (Lipinski definition) is 3. The van der Waals surface area contributed by atoms with Crippen molar-refractivity contribution >= 4 is 44.5 Å². The first-order valence-corrected chi connectivity index (χ1v) is 6.70. The fraction of sp³-hybridized carbons (Fsp3) is 0.0833. The van der Waals surface area contributed by atoms with Crippen molar-refractivity contribution in [2.24, 2.45) is 0 Å². The van der Waals surface area contributed by atoms with Crippen LogP contribution in [0.15, 0.2) is 33.4 Å². The number of benzene rings is 1. The molecular formula is C12H11BrN2OS. The van der Waals surface area contributed by atoms with E-state index in [1.165, 1.54) is 11.3 Å². The highest BCUT2D eigenvalue weighted by Crippen LogP contribution is 2.24. The van der Waals surface area contributed by atoms with E-state index in [0.717, 1.165) is 15.7 Å². The lowest BCUT2D eigenvalue weighted by Crippen LogP contribution is -2.13. The van der Waals surface area contributed by atoms with Gasteiger partial charge >= 0.3 is 0 Å². The first-order valence-electron chi connectivity index (χ1n) is 4.97. The zero-order valence-electron chi connectivity index (χ0n) is 9.16. The number of hydrogen-bond donors (Lipinski definition) is 2. The van der Waals surface area contributed by atoms with Gasteiger partial charge in [-0.15, -0.1) is 0 Å². The molecule has 0 aliphatic rings. The van der Waals surface area contributed by atoms with E-state index in [0.29, 0.717) is 11.3 Å². The molecule has 0 atom stereocenters. The lowest BCUT2D eigenvalue weighted by molar-refractivity contribution is 0.102. The second kappa shape index (κ2) is 4.89. The molecule has 0 spiro atoms. The van der Waals surface area contributed by atoms with Crippen LogP contribution in [0.4, 0.5) is 11.4 Å². The summed E-state index contributed by atoms with van der Waals surface area (Å²) < 4.78 is 0.802. The molecule has 0 saturated carbocycles. The van der Waals surface area contributed by atoms with E-state index in [9.17, 15) is 4.79 Å².